The average Bonchev–Trinajstić information content (AvgIpc) is 3.40. The number of hydrogen-bond acceptors (Lipinski definition) is 5. The van der Waals surface area contributed by atoms with Crippen LogP contribution in [0, 0.1) is 0 Å². The van der Waals surface area contributed by atoms with Crippen LogP contribution in [-0.4, -0.2) is 54.3 Å². The highest BCUT2D eigenvalue weighted by atomic mass is 127. The molecule has 2 aromatic rings. The predicted octanol–water partition coefficient (Wildman–Crippen LogP) is 4.21. The summed E-state index contributed by atoms with van der Waals surface area (Å²) in [6.07, 6.45) is 2.79. The van der Waals surface area contributed by atoms with Gasteiger partial charge in [-0.3, -0.25) is 4.99 Å². The van der Waals surface area contributed by atoms with Crippen molar-refractivity contribution < 1.29 is 9.26 Å². The normalized spacial score (nSPS) is 16.6. The number of benzene rings is 1. The van der Waals surface area contributed by atoms with Crippen molar-refractivity contribution in [2.75, 3.05) is 33.3 Å². The van der Waals surface area contributed by atoms with Crippen molar-refractivity contribution in [3.63, 3.8) is 0 Å². The summed E-state index contributed by atoms with van der Waals surface area (Å²) in [4.78, 5) is 11.6. The number of rotatable bonds is 8. The van der Waals surface area contributed by atoms with Gasteiger partial charge in [0.25, 0.3) is 0 Å². The first-order valence-corrected chi connectivity index (χ1v) is 10.6. The van der Waals surface area contributed by atoms with Gasteiger partial charge >= 0.3 is 0 Å². The number of likely N-dealkylation sites (tertiary alicyclic amines) is 1. The van der Waals surface area contributed by atoms with E-state index < -0.39 is 0 Å². The Morgan fingerprint density at radius 1 is 1.33 bits per heavy atom. The number of nitrogens with zero attached hydrogens (tertiary/aromatic N) is 4. The molecule has 0 aliphatic carbocycles. The van der Waals surface area contributed by atoms with Gasteiger partial charge < -0.3 is 19.5 Å². The maximum absolute atomic E-state index is 5.32. The monoisotopic (exact) mass is 527 g/mol. The zero-order valence-electron chi connectivity index (χ0n) is 18.4. The minimum atomic E-state index is 0. The summed E-state index contributed by atoms with van der Waals surface area (Å²) in [5.41, 5.74) is 1.36. The second-order valence-electron chi connectivity index (χ2n) is 7.75. The number of aryl methyl sites for hydroxylation is 1. The molecule has 0 bridgehead atoms. The highest BCUT2D eigenvalue weighted by Crippen LogP contribution is 2.28. The van der Waals surface area contributed by atoms with E-state index in [0.29, 0.717) is 17.7 Å². The molecular formula is C22H34IN5O2. The Morgan fingerprint density at radius 3 is 2.73 bits per heavy atom. The van der Waals surface area contributed by atoms with Crippen LogP contribution in [0.4, 0.5) is 0 Å². The van der Waals surface area contributed by atoms with Crippen LogP contribution in [0.25, 0.3) is 0 Å². The number of methoxy groups -OCH3 is 1. The maximum atomic E-state index is 5.32. The lowest BCUT2D eigenvalue weighted by Gasteiger charge is -2.21. The number of ether oxygens (including phenoxy) is 1. The topological polar surface area (TPSA) is 75.8 Å². The molecule has 1 aliphatic heterocycles. The minimum absolute atomic E-state index is 0. The lowest BCUT2D eigenvalue weighted by molar-refractivity contribution is 0.369. The lowest BCUT2D eigenvalue weighted by atomic mass is 9.98. The first-order chi connectivity index (χ1) is 14.1. The fourth-order valence-corrected chi connectivity index (χ4v) is 3.55. The summed E-state index contributed by atoms with van der Waals surface area (Å²) in [7, 11) is 1.70. The van der Waals surface area contributed by atoms with Gasteiger partial charge in [0.05, 0.1) is 7.11 Å². The molecule has 0 radical (unpaired) electrons. The molecule has 1 aromatic heterocycles. The molecule has 2 heterocycles. The Hall–Kier alpha value is -1.84. The number of guanidine groups is 1. The van der Waals surface area contributed by atoms with Gasteiger partial charge in [0.2, 0.25) is 5.89 Å². The SMILES string of the molecule is CCNC(=NCCCc1nc(C(C)C)no1)N1CCC(c2ccc(OC)cc2)C1.I. The van der Waals surface area contributed by atoms with Crippen molar-refractivity contribution in [3.8, 4) is 5.75 Å². The molecule has 7 nitrogen and oxygen atoms in total. The van der Waals surface area contributed by atoms with Crippen LogP contribution in [0.1, 0.15) is 62.7 Å². The summed E-state index contributed by atoms with van der Waals surface area (Å²) in [5.74, 6) is 4.20. The molecule has 1 atom stereocenters. The molecule has 1 unspecified atom stereocenters. The Morgan fingerprint density at radius 2 is 2.10 bits per heavy atom. The van der Waals surface area contributed by atoms with Crippen LogP contribution >= 0.6 is 24.0 Å². The fourth-order valence-electron chi connectivity index (χ4n) is 3.55. The molecule has 1 N–H and O–H groups in total. The molecule has 166 valence electrons. The number of aliphatic imine (C=N–C) groups is 1. The molecule has 30 heavy (non-hydrogen) atoms. The molecule has 0 amide bonds. The van der Waals surface area contributed by atoms with Crippen molar-refractivity contribution in [2.45, 2.75) is 51.9 Å². The van der Waals surface area contributed by atoms with E-state index in [9.17, 15) is 0 Å². The smallest absolute Gasteiger partial charge is 0.226 e. The highest BCUT2D eigenvalue weighted by molar-refractivity contribution is 14.0. The summed E-state index contributed by atoms with van der Waals surface area (Å²) in [5, 5.41) is 7.46. The van der Waals surface area contributed by atoms with Crippen LogP contribution < -0.4 is 10.1 Å². The molecule has 1 saturated heterocycles. The van der Waals surface area contributed by atoms with E-state index in [0.717, 1.165) is 63.0 Å². The second-order valence-corrected chi connectivity index (χ2v) is 7.75. The van der Waals surface area contributed by atoms with Crippen LogP contribution in [0.2, 0.25) is 0 Å². The number of aromatic nitrogens is 2. The Balaban J connectivity index is 0.00000320. The summed E-state index contributed by atoms with van der Waals surface area (Å²) >= 11 is 0. The third-order valence-corrected chi connectivity index (χ3v) is 5.22. The van der Waals surface area contributed by atoms with Crippen molar-refractivity contribution in [2.24, 2.45) is 4.99 Å². The standard InChI is InChI=1S/C22H33N5O2.HI/c1-5-23-22(24-13-6-7-20-25-21(16(2)3)26-29-20)27-14-12-18(15-27)17-8-10-19(28-4)11-9-17;/h8-11,16,18H,5-7,12-15H2,1-4H3,(H,23,24);1H. The summed E-state index contributed by atoms with van der Waals surface area (Å²) in [6, 6.07) is 8.43. The molecular weight excluding hydrogens is 493 g/mol. The quantitative estimate of drug-likeness (QED) is 0.240. The van der Waals surface area contributed by atoms with Crippen LogP contribution in [0.3, 0.4) is 0 Å². The van der Waals surface area contributed by atoms with Gasteiger partial charge in [-0.15, -0.1) is 24.0 Å². The molecule has 1 fully saturated rings. The third-order valence-electron chi connectivity index (χ3n) is 5.22. The lowest BCUT2D eigenvalue weighted by Crippen LogP contribution is -2.40. The van der Waals surface area contributed by atoms with Crippen molar-refractivity contribution in [1.29, 1.82) is 0 Å². The van der Waals surface area contributed by atoms with Gasteiger partial charge in [0.1, 0.15) is 5.75 Å². The van der Waals surface area contributed by atoms with E-state index in [1.54, 1.807) is 7.11 Å². The molecule has 0 spiro atoms. The largest absolute Gasteiger partial charge is 0.497 e. The van der Waals surface area contributed by atoms with Gasteiger partial charge in [-0.25, -0.2) is 0 Å². The fraction of sp³-hybridized carbons (Fsp3) is 0.591. The summed E-state index contributed by atoms with van der Waals surface area (Å²) in [6.45, 7) is 9.85. The van der Waals surface area contributed by atoms with E-state index in [-0.39, 0.29) is 24.0 Å². The Labute approximate surface area is 196 Å². The van der Waals surface area contributed by atoms with Gasteiger partial charge in [-0.1, -0.05) is 31.1 Å². The molecule has 1 aromatic carbocycles. The minimum Gasteiger partial charge on any atom is -0.497 e. The van der Waals surface area contributed by atoms with Gasteiger partial charge in [-0.05, 0) is 37.5 Å². The highest BCUT2D eigenvalue weighted by Gasteiger charge is 2.26. The van der Waals surface area contributed by atoms with Crippen LogP contribution in [0.15, 0.2) is 33.8 Å². The number of halogens is 1. The predicted molar refractivity (Wildman–Crippen MR) is 130 cm³/mol. The average molecular weight is 527 g/mol. The second kappa shape index (κ2) is 12.1. The van der Waals surface area contributed by atoms with E-state index in [2.05, 4.69) is 53.3 Å². The first kappa shape index (κ1) is 24.4. The van der Waals surface area contributed by atoms with Crippen molar-refractivity contribution in [1.82, 2.24) is 20.4 Å². The van der Waals surface area contributed by atoms with E-state index in [1.165, 1.54) is 5.56 Å². The van der Waals surface area contributed by atoms with Gasteiger partial charge in [-0.2, -0.15) is 4.98 Å². The molecule has 3 rings (SSSR count). The maximum Gasteiger partial charge on any atom is 0.226 e. The zero-order valence-corrected chi connectivity index (χ0v) is 20.8. The summed E-state index contributed by atoms with van der Waals surface area (Å²) < 4.78 is 10.6. The van der Waals surface area contributed by atoms with Crippen LogP contribution in [0.5, 0.6) is 5.75 Å². The van der Waals surface area contributed by atoms with Crippen LogP contribution in [-0.2, 0) is 6.42 Å². The molecule has 1 aliphatic rings. The van der Waals surface area contributed by atoms with Crippen molar-refractivity contribution in [3.05, 3.63) is 41.5 Å². The molecule has 0 saturated carbocycles. The number of hydrogen-bond donors (Lipinski definition) is 1. The number of nitrogens with one attached hydrogen (secondary N) is 1. The zero-order chi connectivity index (χ0) is 20.6. The van der Waals surface area contributed by atoms with E-state index in [1.807, 2.05) is 12.1 Å². The Bertz CT molecular complexity index is 791. The third kappa shape index (κ3) is 6.58. The van der Waals surface area contributed by atoms with E-state index in [4.69, 9.17) is 14.3 Å². The Kier molecular flexibility index (Phi) is 9.87. The van der Waals surface area contributed by atoms with E-state index >= 15 is 0 Å². The van der Waals surface area contributed by atoms with Gasteiger partial charge in [0.15, 0.2) is 11.8 Å². The molecule has 8 heteroatoms. The first-order valence-electron chi connectivity index (χ1n) is 10.6. The van der Waals surface area contributed by atoms with Gasteiger partial charge in [0, 0.05) is 44.4 Å². The van der Waals surface area contributed by atoms with Crippen molar-refractivity contribution >= 4 is 29.9 Å².